The van der Waals surface area contributed by atoms with Gasteiger partial charge in [0.15, 0.2) is 11.5 Å². The maximum atomic E-state index is 12.8. The van der Waals surface area contributed by atoms with Crippen molar-refractivity contribution in [2.45, 2.75) is 32.0 Å². The highest BCUT2D eigenvalue weighted by Gasteiger charge is 2.29. The summed E-state index contributed by atoms with van der Waals surface area (Å²) in [7, 11) is 0. The fourth-order valence-electron chi connectivity index (χ4n) is 5.24. The molecule has 1 saturated heterocycles. The number of likely N-dealkylation sites (tertiary alicyclic amines) is 1. The van der Waals surface area contributed by atoms with Gasteiger partial charge in [0.25, 0.3) is 5.56 Å². The fraction of sp³-hybridized carbons (Fsp3) is 0.370. The van der Waals surface area contributed by atoms with Gasteiger partial charge in [-0.25, -0.2) is 9.78 Å². The number of nitrogens with zero attached hydrogens (tertiary/aromatic N) is 7. The van der Waals surface area contributed by atoms with E-state index in [1.54, 1.807) is 47.7 Å². The molecule has 0 bridgehead atoms. The Hall–Kier alpha value is -4.45. The van der Waals surface area contributed by atoms with Gasteiger partial charge in [-0.05, 0) is 25.0 Å². The average molecular weight is 532 g/mol. The zero-order valence-electron chi connectivity index (χ0n) is 21.3. The summed E-state index contributed by atoms with van der Waals surface area (Å²) >= 11 is 0. The topological polar surface area (TPSA) is 128 Å². The van der Waals surface area contributed by atoms with Crippen LogP contribution in [0.3, 0.4) is 0 Å². The number of aromatic nitrogens is 5. The largest absolute Gasteiger partial charge is 0.486 e. The molecule has 4 aromatic heterocycles. The van der Waals surface area contributed by atoms with Gasteiger partial charge in [0.05, 0.1) is 47.7 Å². The second kappa shape index (κ2) is 10.7. The molecule has 1 amide bonds. The number of hydrogen-bond donors (Lipinski definition) is 1. The van der Waals surface area contributed by atoms with Crippen LogP contribution in [0.1, 0.15) is 18.5 Å². The Morgan fingerprint density at radius 2 is 1.87 bits per heavy atom. The van der Waals surface area contributed by atoms with Gasteiger partial charge in [0.2, 0.25) is 0 Å². The molecule has 12 heteroatoms. The molecule has 0 aromatic carbocycles. The Kier molecular flexibility index (Phi) is 6.84. The molecule has 0 saturated carbocycles. The van der Waals surface area contributed by atoms with Crippen molar-refractivity contribution >= 4 is 17.1 Å². The Bertz CT molecular complexity index is 1530. The predicted molar refractivity (Wildman–Crippen MR) is 141 cm³/mol. The van der Waals surface area contributed by atoms with Crippen molar-refractivity contribution in [2.75, 3.05) is 32.8 Å². The predicted octanol–water partition coefficient (Wildman–Crippen LogP) is 2.39. The molecule has 202 valence electrons. The van der Waals surface area contributed by atoms with Crippen LogP contribution in [-0.4, -0.2) is 84.0 Å². The number of piperidine rings is 1. The van der Waals surface area contributed by atoms with Gasteiger partial charge in [0, 0.05) is 56.7 Å². The monoisotopic (exact) mass is 531 g/mol. The minimum atomic E-state index is -0.964. The molecule has 0 spiro atoms. The lowest BCUT2D eigenvalue weighted by Crippen LogP contribution is -2.47. The molecule has 1 fully saturated rings. The first-order valence-electron chi connectivity index (χ1n) is 13.0. The van der Waals surface area contributed by atoms with Crippen molar-refractivity contribution in [3.05, 3.63) is 71.4 Å². The first-order chi connectivity index (χ1) is 19.0. The van der Waals surface area contributed by atoms with E-state index in [1.807, 2.05) is 16.8 Å². The van der Waals surface area contributed by atoms with Gasteiger partial charge in [0.1, 0.15) is 13.2 Å². The summed E-state index contributed by atoms with van der Waals surface area (Å²) in [6.45, 7) is 3.80. The van der Waals surface area contributed by atoms with Crippen LogP contribution in [0, 0.1) is 0 Å². The molecule has 0 aliphatic carbocycles. The molecule has 6 rings (SSSR count). The van der Waals surface area contributed by atoms with E-state index in [-0.39, 0.29) is 18.1 Å². The molecule has 39 heavy (non-hydrogen) atoms. The highest BCUT2D eigenvalue weighted by molar-refractivity contribution is 5.76. The van der Waals surface area contributed by atoms with Crippen molar-refractivity contribution < 1.29 is 19.4 Å². The summed E-state index contributed by atoms with van der Waals surface area (Å²) in [5.41, 5.74) is 2.91. The third-order valence-electron chi connectivity index (χ3n) is 7.33. The van der Waals surface area contributed by atoms with Crippen LogP contribution >= 0.6 is 0 Å². The lowest BCUT2D eigenvalue weighted by molar-refractivity contribution is 0.0848. The Morgan fingerprint density at radius 3 is 2.64 bits per heavy atom. The average Bonchev–Trinajstić information content (AvgIpc) is 3.51. The molecule has 2 aliphatic rings. The van der Waals surface area contributed by atoms with Crippen molar-refractivity contribution in [2.24, 2.45) is 0 Å². The normalized spacial score (nSPS) is 15.9. The smallest absolute Gasteiger partial charge is 0.407 e. The van der Waals surface area contributed by atoms with Gasteiger partial charge in [-0.1, -0.05) is 0 Å². The number of pyridine rings is 3. The third kappa shape index (κ3) is 5.28. The first kappa shape index (κ1) is 24.9. The number of ether oxygens (including phenoxy) is 2. The summed E-state index contributed by atoms with van der Waals surface area (Å²) in [4.78, 5) is 41.7. The zero-order valence-corrected chi connectivity index (χ0v) is 21.3. The first-order valence-corrected chi connectivity index (χ1v) is 13.0. The molecule has 0 atom stereocenters. The number of rotatable bonds is 7. The number of imidazole rings is 1. The summed E-state index contributed by atoms with van der Waals surface area (Å²) in [6, 6.07) is 6.89. The highest BCUT2D eigenvalue weighted by atomic mass is 16.6. The molecular weight excluding hydrogens is 502 g/mol. The number of carbonyl (C=O) groups is 1. The van der Waals surface area contributed by atoms with Gasteiger partial charge >= 0.3 is 6.09 Å². The quantitative estimate of drug-likeness (QED) is 0.382. The zero-order chi connectivity index (χ0) is 26.8. The van der Waals surface area contributed by atoms with Crippen LogP contribution in [0.5, 0.6) is 11.5 Å². The van der Waals surface area contributed by atoms with Crippen molar-refractivity contribution in [3.8, 4) is 17.2 Å². The minimum Gasteiger partial charge on any atom is -0.486 e. The lowest BCUT2D eigenvalue weighted by Gasteiger charge is -2.37. The second-order valence-corrected chi connectivity index (χ2v) is 9.69. The van der Waals surface area contributed by atoms with Crippen molar-refractivity contribution in [1.29, 1.82) is 0 Å². The minimum absolute atomic E-state index is 0.0778. The number of fused-ring (bicyclic) bond motifs is 2. The van der Waals surface area contributed by atoms with E-state index in [2.05, 4.69) is 19.9 Å². The van der Waals surface area contributed by atoms with Crippen LogP contribution in [0.25, 0.3) is 16.7 Å². The maximum absolute atomic E-state index is 12.8. The Labute approximate surface area is 224 Å². The molecule has 1 N–H and O–H groups in total. The summed E-state index contributed by atoms with van der Waals surface area (Å²) in [6.07, 6.45) is 9.03. The van der Waals surface area contributed by atoms with E-state index in [0.29, 0.717) is 56.3 Å². The van der Waals surface area contributed by atoms with Gasteiger partial charge in [-0.3, -0.25) is 19.7 Å². The van der Waals surface area contributed by atoms with Crippen LogP contribution in [0.4, 0.5) is 4.79 Å². The van der Waals surface area contributed by atoms with Gasteiger partial charge < -0.3 is 28.6 Å². The lowest BCUT2D eigenvalue weighted by atomic mass is 10.0. The number of carboxylic acid groups (broad SMARTS) is 1. The van der Waals surface area contributed by atoms with Crippen LogP contribution < -0.4 is 15.0 Å². The SMILES string of the molecule is O=C(O)N(Cc1cc2c(cn1)OCCO2)C1CCN(CCn2c(=O)ccc3ncc(-n4ccnc4)cc32)CC1. The van der Waals surface area contributed by atoms with E-state index in [4.69, 9.17) is 9.47 Å². The van der Waals surface area contributed by atoms with E-state index >= 15 is 0 Å². The highest BCUT2D eigenvalue weighted by Crippen LogP contribution is 2.30. The van der Waals surface area contributed by atoms with Crippen LogP contribution in [-0.2, 0) is 13.1 Å². The molecule has 12 nitrogen and oxygen atoms in total. The molecule has 4 aromatic rings. The van der Waals surface area contributed by atoms with E-state index in [0.717, 1.165) is 29.8 Å². The van der Waals surface area contributed by atoms with Crippen LogP contribution in [0.2, 0.25) is 0 Å². The second-order valence-electron chi connectivity index (χ2n) is 9.69. The number of hydrogen-bond acceptors (Lipinski definition) is 8. The third-order valence-corrected chi connectivity index (χ3v) is 7.33. The van der Waals surface area contributed by atoms with E-state index < -0.39 is 6.09 Å². The van der Waals surface area contributed by atoms with Crippen LogP contribution in [0.15, 0.2) is 60.2 Å². The summed E-state index contributed by atoms with van der Waals surface area (Å²) < 4.78 is 14.7. The standard InChI is InChI=1S/C27H29N7O5/c35-26-2-1-22-23(14-21(15-30-22)32-8-5-28-18-32)33(26)10-9-31-6-3-20(4-7-31)34(27(36)37)17-19-13-24-25(16-29-19)39-12-11-38-24/h1-2,5,8,13-16,18,20H,3-4,6-7,9-12,17H2,(H,36,37). The molecule has 0 unspecified atom stereocenters. The maximum Gasteiger partial charge on any atom is 0.407 e. The Balaban J connectivity index is 1.10. The summed E-state index contributed by atoms with van der Waals surface area (Å²) in [5, 5.41) is 9.94. The number of amides is 1. The van der Waals surface area contributed by atoms with Crippen molar-refractivity contribution in [3.63, 3.8) is 0 Å². The van der Waals surface area contributed by atoms with E-state index in [1.165, 1.54) is 4.90 Å². The van der Waals surface area contributed by atoms with Crippen molar-refractivity contribution in [1.82, 2.24) is 33.9 Å². The molecule has 2 aliphatic heterocycles. The van der Waals surface area contributed by atoms with Gasteiger partial charge in [-0.2, -0.15) is 0 Å². The molecule has 0 radical (unpaired) electrons. The molecule has 6 heterocycles. The summed E-state index contributed by atoms with van der Waals surface area (Å²) in [5.74, 6) is 1.18. The van der Waals surface area contributed by atoms with Gasteiger partial charge in [-0.15, -0.1) is 0 Å². The Morgan fingerprint density at radius 1 is 1.05 bits per heavy atom. The van der Waals surface area contributed by atoms with E-state index in [9.17, 15) is 14.7 Å². The fourth-order valence-corrected chi connectivity index (χ4v) is 5.24. The molecular formula is C27H29N7O5.